The summed E-state index contributed by atoms with van der Waals surface area (Å²) < 4.78 is 0. The van der Waals surface area contributed by atoms with E-state index >= 15 is 0 Å². The second-order valence-electron chi connectivity index (χ2n) is 4.03. The average molecular weight is 221 g/mol. The van der Waals surface area contributed by atoms with Gasteiger partial charge < -0.3 is 4.79 Å². The number of benzene rings is 1. The first-order valence-electron chi connectivity index (χ1n) is 5.17. The average Bonchev–Trinajstić information content (AvgIpc) is 2.16. The Kier molecular flexibility index (Phi) is 4.17. The molecule has 4 nitrogen and oxygen atoms in total. The third-order valence-electron chi connectivity index (χ3n) is 2.45. The normalized spacial score (nSPS) is 12.1. The number of ketones is 1. The molecule has 0 saturated heterocycles. The fraction of sp³-hybridized carbons (Fsp3) is 0.417. The van der Waals surface area contributed by atoms with E-state index in [-0.39, 0.29) is 29.6 Å². The maximum absolute atomic E-state index is 11.1. The van der Waals surface area contributed by atoms with Crippen LogP contribution in [-0.4, -0.2) is 17.3 Å². The summed E-state index contributed by atoms with van der Waals surface area (Å²) >= 11 is 0. The van der Waals surface area contributed by atoms with Crippen molar-refractivity contribution in [3.63, 3.8) is 0 Å². The van der Waals surface area contributed by atoms with E-state index < -0.39 is 0 Å². The van der Waals surface area contributed by atoms with Gasteiger partial charge in [0, 0.05) is 11.3 Å². The van der Waals surface area contributed by atoms with Crippen LogP contribution >= 0.6 is 0 Å². The van der Waals surface area contributed by atoms with E-state index in [0.29, 0.717) is 0 Å². The Balaban J connectivity index is 2.86. The number of hydrogen-bond acceptors (Lipinski definition) is 3. The topological polar surface area (TPSA) is 60.2 Å². The van der Waals surface area contributed by atoms with Gasteiger partial charge in [-0.25, -0.2) is 0 Å². The van der Waals surface area contributed by atoms with Crippen molar-refractivity contribution < 1.29 is 9.72 Å². The second kappa shape index (κ2) is 5.39. The molecule has 0 radical (unpaired) electrons. The highest BCUT2D eigenvalue weighted by atomic mass is 16.6. The number of Topliss-reactive ketones (excluding diaryl/α,β-unsaturated/α-hetero) is 1. The first kappa shape index (κ1) is 12.4. The number of nitrogens with zero attached hydrogens (tertiary/aromatic N) is 1. The molecule has 0 saturated carbocycles. The molecule has 0 fully saturated rings. The van der Waals surface area contributed by atoms with Crippen molar-refractivity contribution in [2.45, 2.75) is 26.2 Å². The predicted molar refractivity (Wildman–Crippen MR) is 61.1 cm³/mol. The van der Waals surface area contributed by atoms with Crippen LogP contribution in [0.15, 0.2) is 24.3 Å². The van der Waals surface area contributed by atoms with Crippen molar-refractivity contribution >= 4 is 5.78 Å². The van der Waals surface area contributed by atoms with E-state index in [4.69, 9.17) is 0 Å². The first-order valence-corrected chi connectivity index (χ1v) is 5.17. The first-order chi connectivity index (χ1) is 7.49. The monoisotopic (exact) mass is 221 g/mol. The molecule has 1 rings (SSSR count). The van der Waals surface area contributed by atoms with Gasteiger partial charge in [-0.05, 0) is 19.4 Å². The highest BCUT2D eigenvalue weighted by molar-refractivity contribution is 5.76. The molecule has 1 aromatic carbocycles. The van der Waals surface area contributed by atoms with Gasteiger partial charge in [-0.2, -0.15) is 0 Å². The van der Waals surface area contributed by atoms with Gasteiger partial charge in [-0.3, -0.25) is 10.1 Å². The van der Waals surface area contributed by atoms with Gasteiger partial charge in [0.25, 0.3) is 0 Å². The molecule has 1 atom stereocenters. The van der Waals surface area contributed by atoms with Crippen LogP contribution in [0.2, 0.25) is 0 Å². The summed E-state index contributed by atoms with van der Waals surface area (Å²) in [6.45, 7) is 3.22. The van der Waals surface area contributed by atoms with Crippen molar-refractivity contribution in [1.82, 2.24) is 0 Å². The summed E-state index contributed by atoms with van der Waals surface area (Å²) in [5.41, 5.74) is 1.96. The molecule has 16 heavy (non-hydrogen) atoms. The van der Waals surface area contributed by atoms with Crippen LogP contribution in [0, 0.1) is 17.0 Å². The van der Waals surface area contributed by atoms with Crippen molar-refractivity contribution in [2.75, 3.05) is 6.54 Å². The molecular formula is C12H15NO3. The minimum absolute atomic E-state index is 0.0209. The summed E-state index contributed by atoms with van der Waals surface area (Å²) in [6.07, 6.45) is 0.226. The van der Waals surface area contributed by atoms with E-state index in [2.05, 4.69) is 0 Å². The van der Waals surface area contributed by atoms with Crippen LogP contribution < -0.4 is 0 Å². The SMILES string of the molecule is CC(=O)C[C@H](C[N+](=O)[O-])c1ccc(C)cc1. The molecular weight excluding hydrogens is 206 g/mol. The van der Waals surface area contributed by atoms with Gasteiger partial charge in [0.15, 0.2) is 0 Å². The summed E-state index contributed by atoms with van der Waals surface area (Å²) in [5.74, 6) is -0.333. The zero-order chi connectivity index (χ0) is 12.1. The van der Waals surface area contributed by atoms with Gasteiger partial charge in [0.1, 0.15) is 5.78 Å². The number of carbonyl (C=O) groups is 1. The Labute approximate surface area is 94.4 Å². The number of aryl methyl sites for hydroxylation is 1. The number of carbonyl (C=O) groups excluding carboxylic acids is 1. The van der Waals surface area contributed by atoms with Gasteiger partial charge in [-0.1, -0.05) is 29.8 Å². The van der Waals surface area contributed by atoms with Gasteiger partial charge >= 0.3 is 0 Å². The minimum atomic E-state index is -0.368. The van der Waals surface area contributed by atoms with Crippen LogP contribution in [0.4, 0.5) is 0 Å². The fourth-order valence-electron chi connectivity index (χ4n) is 1.65. The summed E-state index contributed by atoms with van der Waals surface area (Å²) in [7, 11) is 0. The number of rotatable bonds is 5. The maximum atomic E-state index is 11.1. The lowest BCUT2D eigenvalue weighted by Crippen LogP contribution is -2.15. The molecule has 0 aliphatic heterocycles. The molecule has 86 valence electrons. The lowest BCUT2D eigenvalue weighted by molar-refractivity contribution is -0.483. The highest BCUT2D eigenvalue weighted by Crippen LogP contribution is 2.20. The molecule has 0 unspecified atom stereocenters. The van der Waals surface area contributed by atoms with Crippen LogP contribution in [0.3, 0.4) is 0 Å². The van der Waals surface area contributed by atoms with E-state index in [1.807, 2.05) is 31.2 Å². The molecule has 0 spiro atoms. The summed E-state index contributed by atoms with van der Waals surface area (Å²) in [6, 6.07) is 7.52. The highest BCUT2D eigenvalue weighted by Gasteiger charge is 2.19. The molecule has 0 aromatic heterocycles. The summed E-state index contributed by atoms with van der Waals surface area (Å²) in [4.78, 5) is 21.2. The van der Waals surface area contributed by atoms with Gasteiger partial charge in [-0.15, -0.1) is 0 Å². The van der Waals surface area contributed by atoms with E-state index in [9.17, 15) is 14.9 Å². The molecule has 0 aliphatic carbocycles. The van der Waals surface area contributed by atoms with Crippen LogP contribution in [0.25, 0.3) is 0 Å². The molecule has 0 N–H and O–H groups in total. The maximum Gasteiger partial charge on any atom is 0.211 e. The largest absolute Gasteiger partial charge is 0.300 e. The van der Waals surface area contributed by atoms with E-state index in [0.717, 1.165) is 11.1 Å². The van der Waals surface area contributed by atoms with Crippen LogP contribution in [0.1, 0.15) is 30.4 Å². The zero-order valence-electron chi connectivity index (χ0n) is 9.47. The molecule has 0 heterocycles. The molecule has 0 amide bonds. The minimum Gasteiger partial charge on any atom is -0.300 e. The molecule has 0 aliphatic rings. The fourth-order valence-corrected chi connectivity index (χ4v) is 1.65. The Hall–Kier alpha value is -1.71. The smallest absolute Gasteiger partial charge is 0.211 e. The molecule has 4 heteroatoms. The number of nitro groups is 1. The van der Waals surface area contributed by atoms with Crippen molar-refractivity contribution in [1.29, 1.82) is 0 Å². The Morgan fingerprint density at radius 1 is 1.38 bits per heavy atom. The predicted octanol–water partition coefficient (Wildman–Crippen LogP) is 2.33. The van der Waals surface area contributed by atoms with Crippen LogP contribution in [0.5, 0.6) is 0 Å². The Morgan fingerprint density at radius 3 is 2.38 bits per heavy atom. The van der Waals surface area contributed by atoms with Crippen molar-refractivity contribution in [3.8, 4) is 0 Å². The molecule has 0 bridgehead atoms. The standard InChI is InChI=1S/C12H15NO3/c1-9-3-5-11(6-4-9)12(7-10(2)14)8-13(15)16/h3-6,12H,7-8H2,1-2H3/t12-/m1/s1. The quantitative estimate of drug-likeness (QED) is 0.566. The van der Waals surface area contributed by atoms with E-state index in [1.165, 1.54) is 6.92 Å². The second-order valence-corrected chi connectivity index (χ2v) is 4.03. The zero-order valence-corrected chi connectivity index (χ0v) is 9.47. The van der Waals surface area contributed by atoms with Crippen molar-refractivity contribution in [2.24, 2.45) is 0 Å². The van der Waals surface area contributed by atoms with Crippen LogP contribution in [-0.2, 0) is 4.79 Å². The number of hydrogen-bond donors (Lipinski definition) is 0. The van der Waals surface area contributed by atoms with E-state index in [1.54, 1.807) is 0 Å². The third kappa shape index (κ3) is 3.81. The Bertz CT molecular complexity index is 368. The van der Waals surface area contributed by atoms with Gasteiger partial charge in [0.05, 0.1) is 5.92 Å². The van der Waals surface area contributed by atoms with Crippen molar-refractivity contribution in [3.05, 3.63) is 45.5 Å². The lowest BCUT2D eigenvalue weighted by atomic mass is 9.93. The van der Waals surface area contributed by atoms with Gasteiger partial charge in [0.2, 0.25) is 6.54 Å². The summed E-state index contributed by atoms with van der Waals surface area (Å²) in [5, 5.41) is 10.5. The third-order valence-corrected chi connectivity index (χ3v) is 2.45. The lowest BCUT2D eigenvalue weighted by Gasteiger charge is -2.11. The molecule has 1 aromatic rings. The Morgan fingerprint density at radius 2 is 1.94 bits per heavy atom.